The van der Waals surface area contributed by atoms with E-state index in [9.17, 15) is 10.2 Å². The Balaban J connectivity index is 2.13. The summed E-state index contributed by atoms with van der Waals surface area (Å²) in [5, 5.41) is 27.8. The van der Waals surface area contributed by atoms with E-state index in [1.807, 2.05) is 0 Å². The number of fused-ring (bicyclic) bond motifs is 2. The SMILES string of the molecule is CO[C@@H]1OC2(CO)O[C@@H](C1O)[C@@H]2O. The van der Waals surface area contributed by atoms with E-state index in [0.29, 0.717) is 0 Å². The molecule has 2 unspecified atom stereocenters. The Morgan fingerprint density at radius 2 is 2.08 bits per heavy atom. The van der Waals surface area contributed by atoms with Gasteiger partial charge in [0.15, 0.2) is 6.29 Å². The van der Waals surface area contributed by atoms with Gasteiger partial charge in [0.25, 0.3) is 0 Å². The predicted molar refractivity (Wildman–Crippen MR) is 38.6 cm³/mol. The van der Waals surface area contributed by atoms with Crippen LogP contribution in [0.15, 0.2) is 0 Å². The maximum Gasteiger partial charge on any atom is 0.224 e. The van der Waals surface area contributed by atoms with Gasteiger partial charge in [-0.1, -0.05) is 0 Å². The second kappa shape index (κ2) is 2.88. The largest absolute Gasteiger partial charge is 0.391 e. The number of ether oxygens (including phenoxy) is 3. The van der Waals surface area contributed by atoms with Crippen molar-refractivity contribution in [1.82, 2.24) is 0 Å². The highest BCUT2D eigenvalue weighted by atomic mass is 16.8. The smallest absolute Gasteiger partial charge is 0.224 e. The zero-order valence-corrected chi connectivity index (χ0v) is 7.08. The van der Waals surface area contributed by atoms with Gasteiger partial charge in [0.1, 0.15) is 24.9 Å². The normalized spacial score (nSPS) is 54.5. The van der Waals surface area contributed by atoms with Crippen molar-refractivity contribution in [3.63, 3.8) is 0 Å². The highest BCUT2D eigenvalue weighted by molar-refractivity contribution is 5.04. The molecule has 3 aliphatic heterocycles. The van der Waals surface area contributed by atoms with Gasteiger partial charge in [-0.15, -0.1) is 0 Å². The zero-order valence-electron chi connectivity index (χ0n) is 7.08. The Bertz CT molecular complexity index is 202. The molecular weight excluding hydrogens is 180 g/mol. The molecule has 5 atom stereocenters. The molecule has 3 heterocycles. The van der Waals surface area contributed by atoms with Gasteiger partial charge in [-0.25, -0.2) is 0 Å². The minimum Gasteiger partial charge on any atom is -0.391 e. The fraction of sp³-hybridized carbons (Fsp3) is 1.00. The molecule has 3 saturated heterocycles. The first-order valence-electron chi connectivity index (χ1n) is 4.00. The molecule has 3 fully saturated rings. The molecule has 3 aliphatic rings. The zero-order chi connectivity index (χ0) is 9.64. The van der Waals surface area contributed by atoms with Gasteiger partial charge >= 0.3 is 0 Å². The summed E-state index contributed by atoms with van der Waals surface area (Å²) in [6, 6.07) is 0. The molecule has 0 aromatic rings. The van der Waals surface area contributed by atoms with Crippen LogP contribution < -0.4 is 0 Å². The second-order valence-electron chi connectivity index (χ2n) is 3.21. The molecule has 76 valence electrons. The molecule has 13 heavy (non-hydrogen) atoms. The Labute approximate surface area is 74.6 Å². The fourth-order valence-electron chi connectivity index (χ4n) is 1.67. The van der Waals surface area contributed by atoms with Crippen LogP contribution in [0.1, 0.15) is 0 Å². The van der Waals surface area contributed by atoms with Gasteiger partial charge in [-0.2, -0.15) is 0 Å². The molecular formula is C7H12O6. The van der Waals surface area contributed by atoms with E-state index >= 15 is 0 Å². The Morgan fingerprint density at radius 3 is 2.54 bits per heavy atom. The van der Waals surface area contributed by atoms with Crippen LogP contribution in [0.3, 0.4) is 0 Å². The van der Waals surface area contributed by atoms with Crippen LogP contribution in [0.2, 0.25) is 0 Å². The van der Waals surface area contributed by atoms with E-state index in [4.69, 9.17) is 19.3 Å². The van der Waals surface area contributed by atoms with Crippen molar-refractivity contribution in [3.05, 3.63) is 0 Å². The third-order valence-corrected chi connectivity index (χ3v) is 2.48. The van der Waals surface area contributed by atoms with E-state index < -0.39 is 37.0 Å². The summed E-state index contributed by atoms with van der Waals surface area (Å²) >= 11 is 0. The molecule has 0 amide bonds. The number of rotatable bonds is 2. The summed E-state index contributed by atoms with van der Waals surface area (Å²) in [6.07, 6.45) is -3.60. The monoisotopic (exact) mass is 192 g/mol. The van der Waals surface area contributed by atoms with Crippen molar-refractivity contribution in [3.8, 4) is 0 Å². The van der Waals surface area contributed by atoms with Crippen molar-refractivity contribution in [2.24, 2.45) is 0 Å². The summed E-state index contributed by atoms with van der Waals surface area (Å²) in [5.41, 5.74) is 0. The quantitative estimate of drug-likeness (QED) is 0.460. The summed E-state index contributed by atoms with van der Waals surface area (Å²) in [7, 11) is 1.37. The average molecular weight is 192 g/mol. The Hall–Kier alpha value is -0.240. The molecule has 0 aromatic heterocycles. The minimum absolute atomic E-state index is 0.461. The van der Waals surface area contributed by atoms with Gasteiger partial charge < -0.3 is 29.5 Å². The number of hydrogen-bond acceptors (Lipinski definition) is 6. The van der Waals surface area contributed by atoms with Gasteiger partial charge in [-0.3, -0.25) is 0 Å². The molecule has 0 saturated carbocycles. The predicted octanol–water partition coefficient (Wildman–Crippen LogP) is -2.20. The molecule has 6 nitrogen and oxygen atoms in total. The number of hydrogen-bond donors (Lipinski definition) is 3. The van der Waals surface area contributed by atoms with Crippen LogP contribution in [0.4, 0.5) is 0 Å². The van der Waals surface area contributed by atoms with E-state index in [1.54, 1.807) is 0 Å². The third-order valence-electron chi connectivity index (χ3n) is 2.48. The van der Waals surface area contributed by atoms with Gasteiger partial charge in [0.2, 0.25) is 5.79 Å². The number of aliphatic hydroxyl groups excluding tert-OH is 3. The average Bonchev–Trinajstić information content (AvgIpc) is 2.17. The maximum absolute atomic E-state index is 9.44. The number of aliphatic hydroxyl groups is 3. The van der Waals surface area contributed by atoms with E-state index in [0.717, 1.165) is 0 Å². The summed E-state index contributed by atoms with van der Waals surface area (Å²) < 4.78 is 14.9. The van der Waals surface area contributed by atoms with Crippen LogP contribution in [0.25, 0.3) is 0 Å². The first kappa shape index (κ1) is 9.32. The molecule has 0 spiro atoms. The van der Waals surface area contributed by atoms with E-state index in [-0.39, 0.29) is 0 Å². The van der Waals surface area contributed by atoms with Crippen molar-refractivity contribution >= 4 is 0 Å². The van der Waals surface area contributed by atoms with Gasteiger partial charge in [-0.05, 0) is 0 Å². The third kappa shape index (κ3) is 1.04. The summed E-state index contributed by atoms with van der Waals surface area (Å²) in [6.45, 7) is -0.461. The summed E-state index contributed by atoms with van der Waals surface area (Å²) in [5.74, 6) is -1.40. The number of methoxy groups -OCH3 is 1. The van der Waals surface area contributed by atoms with Crippen molar-refractivity contribution in [1.29, 1.82) is 0 Å². The van der Waals surface area contributed by atoms with Crippen LogP contribution in [0.5, 0.6) is 0 Å². The Kier molecular flexibility index (Phi) is 2.06. The lowest BCUT2D eigenvalue weighted by Crippen LogP contribution is -2.78. The highest BCUT2D eigenvalue weighted by Crippen LogP contribution is 2.43. The first-order chi connectivity index (χ1) is 6.14. The van der Waals surface area contributed by atoms with Crippen LogP contribution in [-0.4, -0.2) is 59.4 Å². The van der Waals surface area contributed by atoms with Crippen LogP contribution in [0, 0.1) is 0 Å². The molecule has 3 rings (SSSR count). The lowest BCUT2D eigenvalue weighted by molar-refractivity contribution is -0.498. The molecule has 0 radical (unpaired) electrons. The molecule has 3 N–H and O–H groups in total. The minimum atomic E-state index is -1.40. The Morgan fingerprint density at radius 1 is 1.38 bits per heavy atom. The van der Waals surface area contributed by atoms with Crippen LogP contribution >= 0.6 is 0 Å². The second-order valence-corrected chi connectivity index (χ2v) is 3.21. The van der Waals surface area contributed by atoms with Crippen molar-refractivity contribution < 1.29 is 29.5 Å². The van der Waals surface area contributed by atoms with Gasteiger partial charge in [0, 0.05) is 7.11 Å². The van der Waals surface area contributed by atoms with E-state index in [1.165, 1.54) is 7.11 Å². The molecule has 0 aliphatic carbocycles. The van der Waals surface area contributed by atoms with Crippen LogP contribution in [-0.2, 0) is 14.2 Å². The molecule has 0 aromatic carbocycles. The first-order valence-corrected chi connectivity index (χ1v) is 4.00. The maximum atomic E-state index is 9.44. The standard InChI is InChI=1S/C7H12O6/c1-11-6-3(9)4-5(10)7(2-8,12-4)13-6/h3-6,8-10H,2H2,1H3/t3?,4-,5-,6+,7?/m0/s1. The lowest BCUT2D eigenvalue weighted by Gasteiger charge is -2.58. The van der Waals surface area contributed by atoms with Crippen molar-refractivity contribution in [2.75, 3.05) is 13.7 Å². The summed E-state index contributed by atoms with van der Waals surface area (Å²) in [4.78, 5) is 0. The van der Waals surface area contributed by atoms with E-state index in [2.05, 4.69) is 0 Å². The fourth-order valence-corrected chi connectivity index (χ4v) is 1.67. The lowest BCUT2D eigenvalue weighted by atomic mass is 9.89. The molecule has 2 bridgehead atoms. The topological polar surface area (TPSA) is 88.4 Å². The van der Waals surface area contributed by atoms with Crippen molar-refractivity contribution in [2.45, 2.75) is 30.4 Å². The molecule has 6 heteroatoms. The van der Waals surface area contributed by atoms with Gasteiger partial charge in [0.05, 0.1) is 0 Å². The highest BCUT2D eigenvalue weighted by Gasteiger charge is 2.65.